The minimum Gasteiger partial charge on any atom is -0.362 e. The summed E-state index contributed by atoms with van der Waals surface area (Å²) in [5.74, 6) is 1.71. The summed E-state index contributed by atoms with van der Waals surface area (Å²) in [5, 5.41) is 8.61. The van der Waals surface area contributed by atoms with Crippen LogP contribution in [0.15, 0.2) is 60.2 Å². The Morgan fingerprint density at radius 2 is 1.61 bits per heavy atom. The fourth-order valence-electron chi connectivity index (χ4n) is 5.14. The molecule has 4 rings (SSSR count). The van der Waals surface area contributed by atoms with Crippen LogP contribution in [0, 0.1) is 0 Å². The van der Waals surface area contributed by atoms with Crippen molar-refractivity contribution in [1.29, 1.82) is 0 Å². The number of aromatic nitrogens is 2. The Morgan fingerprint density at radius 3 is 2.36 bits per heavy atom. The molecule has 1 heterocycles. The highest BCUT2D eigenvalue weighted by atomic mass is 15.2. The van der Waals surface area contributed by atoms with Gasteiger partial charge in [0.25, 0.3) is 0 Å². The van der Waals surface area contributed by atoms with Crippen molar-refractivity contribution in [2.75, 3.05) is 30.9 Å². The summed E-state index contributed by atoms with van der Waals surface area (Å²) in [4.78, 5) is 11.7. The summed E-state index contributed by atoms with van der Waals surface area (Å²) in [6.45, 7) is 3.27. The fourth-order valence-corrected chi connectivity index (χ4v) is 5.14. The predicted molar refractivity (Wildman–Crippen MR) is 155 cm³/mol. The number of nitrogens with one attached hydrogen (secondary N) is 2. The molecule has 1 aliphatic rings. The van der Waals surface area contributed by atoms with Crippen LogP contribution in [0.5, 0.6) is 0 Å². The lowest BCUT2D eigenvalue weighted by Crippen LogP contribution is -2.38. The Balaban J connectivity index is 1.31. The van der Waals surface area contributed by atoms with Gasteiger partial charge < -0.3 is 15.5 Å². The molecule has 0 bridgehead atoms. The first-order chi connectivity index (χ1) is 17.6. The lowest BCUT2D eigenvalue weighted by atomic mass is 9.91. The van der Waals surface area contributed by atoms with Gasteiger partial charge in [-0.1, -0.05) is 80.3 Å². The largest absolute Gasteiger partial charge is 0.362 e. The van der Waals surface area contributed by atoms with E-state index >= 15 is 0 Å². The molecule has 1 fully saturated rings. The molecule has 0 radical (unpaired) electrons. The summed E-state index contributed by atoms with van der Waals surface area (Å²) in [6, 6.07) is 20.0. The zero-order valence-corrected chi connectivity index (χ0v) is 22.3. The predicted octanol–water partition coefficient (Wildman–Crippen LogP) is 7.06. The third kappa shape index (κ3) is 7.54. The first-order valence-electron chi connectivity index (χ1n) is 13.8. The Hall–Kier alpha value is -2.92. The zero-order chi connectivity index (χ0) is 25.2. The van der Waals surface area contributed by atoms with Gasteiger partial charge in [0, 0.05) is 38.1 Å². The second kappa shape index (κ2) is 13.4. The summed E-state index contributed by atoms with van der Waals surface area (Å²) >= 11 is 0. The molecule has 2 N–H and O–H groups in total. The van der Waals surface area contributed by atoms with Crippen molar-refractivity contribution in [3.05, 3.63) is 65.7 Å². The normalized spacial score (nSPS) is 18.4. The van der Waals surface area contributed by atoms with Crippen LogP contribution in [-0.4, -0.2) is 42.7 Å². The molecule has 0 spiro atoms. The molecule has 1 saturated carbocycles. The highest BCUT2D eigenvalue weighted by Crippen LogP contribution is 2.26. The highest BCUT2D eigenvalue weighted by molar-refractivity contribution is 5.90. The van der Waals surface area contributed by atoms with Crippen LogP contribution in [0.2, 0.25) is 0 Å². The van der Waals surface area contributed by atoms with Crippen molar-refractivity contribution in [3.8, 4) is 0 Å². The van der Waals surface area contributed by atoms with Crippen LogP contribution < -0.4 is 15.5 Å². The number of anilines is 2. The van der Waals surface area contributed by atoms with Gasteiger partial charge in [0.1, 0.15) is 5.82 Å². The van der Waals surface area contributed by atoms with Gasteiger partial charge in [-0.25, -0.2) is 4.98 Å². The molecular weight excluding hydrogens is 442 g/mol. The van der Waals surface area contributed by atoms with Gasteiger partial charge in [-0.3, -0.25) is 0 Å². The number of fused-ring (bicyclic) bond motifs is 1. The molecular formula is C31H43N5. The van der Waals surface area contributed by atoms with Gasteiger partial charge in [0.15, 0.2) is 0 Å². The fraction of sp³-hybridized carbons (Fsp3) is 0.484. The number of rotatable bonds is 12. The molecule has 3 aromatic rings. The molecule has 5 heteroatoms. The molecule has 0 amide bonds. The van der Waals surface area contributed by atoms with Crippen LogP contribution in [0.25, 0.3) is 17.0 Å². The molecule has 192 valence electrons. The van der Waals surface area contributed by atoms with Gasteiger partial charge >= 0.3 is 0 Å². The second-order valence-electron chi connectivity index (χ2n) is 10.4. The summed E-state index contributed by atoms with van der Waals surface area (Å²) < 4.78 is 0. The number of hydrogen-bond acceptors (Lipinski definition) is 5. The van der Waals surface area contributed by atoms with Crippen LogP contribution in [0.3, 0.4) is 0 Å². The van der Waals surface area contributed by atoms with E-state index in [0.717, 1.165) is 42.1 Å². The zero-order valence-electron chi connectivity index (χ0n) is 22.3. The standard InChI is InChI=1S/C31H43N5/c1-4-5-6-8-15-25(22-24-13-9-7-10-14-24)23-32-26-18-20-27(21-19-26)33-31-34-29-17-12-11-16-28(29)30(35-31)36(2)3/h7,9-14,16-17,22,26-27,32H,4-6,8,15,18-21,23H2,1-3H3,(H,33,34,35). The summed E-state index contributed by atoms with van der Waals surface area (Å²) in [6.07, 6.45) is 13.4. The molecule has 0 atom stereocenters. The monoisotopic (exact) mass is 485 g/mol. The van der Waals surface area contributed by atoms with Gasteiger partial charge in [0.05, 0.1) is 5.52 Å². The van der Waals surface area contributed by atoms with Crippen LogP contribution in [-0.2, 0) is 0 Å². The van der Waals surface area contributed by atoms with Crippen LogP contribution in [0.4, 0.5) is 11.8 Å². The molecule has 0 aliphatic heterocycles. The lowest BCUT2D eigenvalue weighted by molar-refractivity contribution is 0.360. The first kappa shape index (κ1) is 26.2. The van der Waals surface area contributed by atoms with Crippen molar-refractivity contribution in [2.45, 2.75) is 76.8 Å². The topological polar surface area (TPSA) is 53.1 Å². The maximum absolute atomic E-state index is 4.84. The molecule has 2 aromatic carbocycles. The van der Waals surface area contributed by atoms with Crippen molar-refractivity contribution < 1.29 is 0 Å². The molecule has 1 aromatic heterocycles. The highest BCUT2D eigenvalue weighted by Gasteiger charge is 2.22. The van der Waals surface area contributed by atoms with E-state index in [4.69, 9.17) is 9.97 Å². The average Bonchev–Trinajstić information content (AvgIpc) is 2.90. The SMILES string of the molecule is CCCCCCC(=Cc1ccccc1)CNC1CCC(Nc2nc(N(C)C)c3ccccc3n2)CC1. The Morgan fingerprint density at radius 1 is 0.889 bits per heavy atom. The van der Waals surface area contributed by atoms with E-state index in [0.29, 0.717) is 12.1 Å². The second-order valence-corrected chi connectivity index (χ2v) is 10.4. The summed E-state index contributed by atoms with van der Waals surface area (Å²) in [5.41, 5.74) is 3.83. The minimum atomic E-state index is 0.424. The lowest BCUT2D eigenvalue weighted by Gasteiger charge is -2.30. The van der Waals surface area contributed by atoms with E-state index in [1.165, 1.54) is 56.1 Å². The number of para-hydroxylation sites is 1. The maximum Gasteiger partial charge on any atom is 0.225 e. The van der Waals surface area contributed by atoms with Crippen molar-refractivity contribution >= 4 is 28.7 Å². The van der Waals surface area contributed by atoms with E-state index in [1.807, 2.05) is 26.2 Å². The summed E-state index contributed by atoms with van der Waals surface area (Å²) in [7, 11) is 4.08. The molecule has 1 aliphatic carbocycles. The van der Waals surface area contributed by atoms with Crippen molar-refractivity contribution in [3.63, 3.8) is 0 Å². The smallest absolute Gasteiger partial charge is 0.225 e. The van der Waals surface area contributed by atoms with Gasteiger partial charge in [-0.05, 0) is 56.2 Å². The van der Waals surface area contributed by atoms with Crippen molar-refractivity contribution in [1.82, 2.24) is 15.3 Å². The van der Waals surface area contributed by atoms with E-state index < -0.39 is 0 Å². The van der Waals surface area contributed by atoms with E-state index in [2.05, 4.69) is 71.0 Å². The van der Waals surface area contributed by atoms with Gasteiger partial charge in [0.2, 0.25) is 5.95 Å². The molecule has 36 heavy (non-hydrogen) atoms. The van der Waals surface area contributed by atoms with E-state index in [-0.39, 0.29) is 0 Å². The molecule has 0 saturated heterocycles. The van der Waals surface area contributed by atoms with Gasteiger partial charge in [-0.15, -0.1) is 0 Å². The van der Waals surface area contributed by atoms with Crippen LogP contribution >= 0.6 is 0 Å². The number of unbranched alkanes of at least 4 members (excludes halogenated alkanes) is 3. The number of nitrogens with zero attached hydrogens (tertiary/aromatic N) is 3. The van der Waals surface area contributed by atoms with Crippen molar-refractivity contribution in [2.24, 2.45) is 0 Å². The third-order valence-corrected chi connectivity index (χ3v) is 7.21. The number of benzene rings is 2. The minimum absolute atomic E-state index is 0.424. The Labute approximate surface area is 217 Å². The quantitative estimate of drug-likeness (QED) is 0.269. The van der Waals surface area contributed by atoms with E-state index in [9.17, 15) is 0 Å². The van der Waals surface area contributed by atoms with E-state index in [1.54, 1.807) is 0 Å². The van der Waals surface area contributed by atoms with Crippen LogP contribution in [0.1, 0.15) is 70.3 Å². The third-order valence-electron chi connectivity index (χ3n) is 7.21. The average molecular weight is 486 g/mol. The molecule has 0 unspecified atom stereocenters. The Kier molecular flexibility index (Phi) is 9.74. The first-order valence-corrected chi connectivity index (χ1v) is 13.8. The number of hydrogen-bond donors (Lipinski definition) is 2. The maximum atomic E-state index is 4.84. The Bertz CT molecular complexity index is 1100. The van der Waals surface area contributed by atoms with Gasteiger partial charge in [-0.2, -0.15) is 4.98 Å². The molecule has 5 nitrogen and oxygen atoms in total.